The van der Waals surface area contributed by atoms with Crippen LogP contribution in [0.3, 0.4) is 0 Å². The number of anilines is 1. The summed E-state index contributed by atoms with van der Waals surface area (Å²) < 4.78 is 4.87. The summed E-state index contributed by atoms with van der Waals surface area (Å²) in [6, 6.07) is 14.3. The summed E-state index contributed by atoms with van der Waals surface area (Å²) >= 11 is 0. The Morgan fingerprint density at radius 3 is 2.45 bits per heavy atom. The third-order valence-corrected chi connectivity index (χ3v) is 3.08. The summed E-state index contributed by atoms with van der Waals surface area (Å²) in [5.41, 5.74) is 1.69. The molecule has 0 bridgehead atoms. The van der Waals surface area contributed by atoms with Crippen LogP contribution in [0.5, 0.6) is 0 Å². The van der Waals surface area contributed by atoms with Gasteiger partial charge in [0.05, 0.1) is 17.7 Å². The molecule has 0 saturated carbocycles. The molecule has 0 spiro atoms. The van der Waals surface area contributed by atoms with Crippen LogP contribution in [0.2, 0.25) is 0 Å². The molecule has 0 unspecified atom stereocenters. The number of nitrogens with one attached hydrogen (secondary N) is 1. The number of ether oxygens (including phenoxy) is 1. The predicted octanol–water partition coefficient (Wildman–Crippen LogP) is 3.17. The minimum Gasteiger partial charge on any atom is -0.478 e. The standard InChI is InChI=1S/C17H17NO4/c1-2-22-17(21)14-9-8-13(10-15(14)16(19)20)18-11-12-6-4-3-5-7-12/h3-10,18H,2,11H2,1H3,(H,19,20). The van der Waals surface area contributed by atoms with E-state index in [0.717, 1.165) is 5.56 Å². The number of benzene rings is 2. The van der Waals surface area contributed by atoms with Crippen molar-refractivity contribution in [3.63, 3.8) is 0 Å². The molecule has 2 aromatic carbocycles. The van der Waals surface area contributed by atoms with E-state index in [2.05, 4.69) is 5.32 Å². The zero-order valence-corrected chi connectivity index (χ0v) is 12.2. The smallest absolute Gasteiger partial charge is 0.338 e. The molecule has 0 aromatic heterocycles. The van der Waals surface area contributed by atoms with Crippen LogP contribution in [0.15, 0.2) is 48.5 Å². The van der Waals surface area contributed by atoms with Gasteiger partial charge in [-0.15, -0.1) is 0 Å². The molecule has 0 amide bonds. The van der Waals surface area contributed by atoms with Gasteiger partial charge in [-0.2, -0.15) is 0 Å². The summed E-state index contributed by atoms with van der Waals surface area (Å²) in [7, 11) is 0. The Bertz CT molecular complexity index is 668. The molecule has 2 N–H and O–H groups in total. The summed E-state index contributed by atoms with van der Waals surface area (Å²) in [5, 5.41) is 12.4. The Labute approximate surface area is 128 Å². The van der Waals surface area contributed by atoms with Crippen LogP contribution in [-0.2, 0) is 11.3 Å². The van der Waals surface area contributed by atoms with Gasteiger partial charge in [0, 0.05) is 12.2 Å². The Hall–Kier alpha value is -2.82. The summed E-state index contributed by atoms with van der Waals surface area (Å²) in [4.78, 5) is 23.1. The van der Waals surface area contributed by atoms with E-state index < -0.39 is 11.9 Å². The summed E-state index contributed by atoms with van der Waals surface area (Å²) in [6.45, 7) is 2.44. The first-order valence-electron chi connectivity index (χ1n) is 6.94. The first-order valence-corrected chi connectivity index (χ1v) is 6.94. The zero-order chi connectivity index (χ0) is 15.9. The number of carbonyl (C=O) groups excluding carboxylic acids is 1. The first kappa shape index (κ1) is 15.6. The average molecular weight is 299 g/mol. The van der Waals surface area contributed by atoms with Crippen molar-refractivity contribution in [1.82, 2.24) is 0 Å². The van der Waals surface area contributed by atoms with Gasteiger partial charge in [0.2, 0.25) is 0 Å². The lowest BCUT2D eigenvalue weighted by atomic mass is 10.1. The molecule has 2 aromatic rings. The average Bonchev–Trinajstić information content (AvgIpc) is 2.54. The van der Waals surface area contributed by atoms with Gasteiger partial charge in [-0.25, -0.2) is 9.59 Å². The minimum atomic E-state index is -1.16. The molecule has 22 heavy (non-hydrogen) atoms. The predicted molar refractivity (Wildman–Crippen MR) is 83.1 cm³/mol. The van der Waals surface area contributed by atoms with Crippen LogP contribution in [0.1, 0.15) is 33.2 Å². The van der Waals surface area contributed by atoms with Gasteiger partial charge in [-0.05, 0) is 30.7 Å². The van der Waals surface area contributed by atoms with E-state index in [1.54, 1.807) is 13.0 Å². The van der Waals surface area contributed by atoms with Crippen molar-refractivity contribution in [3.05, 3.63) is 65.2 Å². The maximum Gasteiger partial charge on any atom is 0.338 e. The van der Waals surface area contributed by atoms with Gasteiger partial charge in [0.25, 0.3) is 0 Å². The van der Waals surface area contributed by atoms with Crippen molar-refractivity contribution in [3.8, 4) is 0 Å². The Morgan fingerprint density at radius 1 is 1.09 bits per heavy atom. The SMILES string of the molecule is CCOC(=O)c1ccc(NCc2ccccc2)cc1C(=O)O. The molecule has 0 saturated heterocycles. The van der Waals surface area contributed by atoms with Gasteiger partial charge >= 0.3 is 11.9 Å². The third kappa shape index (κ3) is 3.85. The largest absolute Gasteiger partial charge is 0.478 e. The quantitative estimate of drug-likeness (QED) is 0.801. The molecule has 0 fully saturated rings. The van der Waals surface area contributed by atoms with Gasteiger partial charge in [-0.3, -0.25) is 0 Å². The van der Waals surface area contributed by atoms with Crippen molar-refractivity contribution >= 4 is 17.6 Å². The Balaban J connectivity index is 2.18. The van der Waals surface area contributed by atoms with Crippen LogP contribution < -0.4 is 5.32 Å². The molecule has 0 aliphatic carbocycles. The van der Waals surface area contributed by atoms with Crippen molar-refractivity contribution in [1.29, 1.82) is 0 Å². The lowest BCUT2D eigenvalue weighted by molar-refractivity contribution is 0.0514. The second-order valence-corrected chi connectivity index (χ2v) is 4.63. The number of carboxylic acids is 1. The third-order valence-electron chi connectivity index (χ3n) is 3.08. The number of carboxylic acid groups (broad SMARTS) is 1. The highest BCUT2D eigenvalue weighted by Crippen LogP contribution is 2.18. The zero-order valence-electron chi connectivity index (χ0n) is 12.2. The van der Waals surface area contributed by atoms with Crippen molar-refractivity contribution in [2.24, 2.45) is 0 Å². The lowest BCUT2D eigenvalue weighted by Gasteiger charge is -2.10. The summed E-state index contributed by atoms with van der Waals surface area (Å²) in [6.07, 6.45) is 0. The van der Waals surface area contributed by atoms with Gasteiger partial charge in [0.15, 0.2) is 0 Å². The van der Waals surface area contributed by atoms with E-state index in [4.69, 9.17) is 4.74 Å². The van der Waals surface area contributed by atoms with E-state index in [1.165, 1.54) is 12.1 Å². The highest BCUT2D eigenvalue weighted by Gasteiger charge is 2.18. The summed E-state index contributed by atoms with van der Waals surface area (Å²) in [5.74, 6) is -1.79. The van der Waals surface area contributed by atoms with Gasteiger partial charge < -0.3 is 15.2 Å². The number of esters is 1. The highest BCUT2D eigenvalue weighted by molar-refractivity contribution is 6.03. The second-order valence-electron chi connectivity index (χ2n) is 4.63. The van der Waals surface area contributed by atoms with E-state index in [9.17, 15) is 14.7 Å². The maximum absolute atomic E-state index is 11.8. The van der Waals surface area contributed by atoms with Crippen LogP contribution in [0, 0.1) is 0 Å². The fourth-order valence-electron chi connectivity index (χ4n) is 2.02. The molecule has 0 atom stereocenters. The fourth-order valence-corrected chi connectivity index (χ4v) is 2.02. The maximum atomic E-state index is 11.8. The highest BCUT2D eigenvalue weighted by atomic mass is 16.5. The normalized spacial score (nSPS) is 10.0. The van der Waals surface area contributed by atoms with Crippen LogP contribution in [0.4, 0.5) is 5.69 Å². The number of hydrogen-bond acceptors (Lipinski definition) is 4. The monoisotopic (exact) mass is 299 g/mol. The van der Waals surface area contributed by atoms with Crippen LogP contribution in [-0.4, -0.2) is 23.7 Å². The minimum absolute atomic E-state index is 0.0552. The molecule has 2 rings (SSSR count). The van der Waals surface area contributed by atoms with Crippen molar-refractivity contribution in [2.75, 3.05) is 11.9 Å². The Morgan fingerprint density at radius 2 is 1.82 bits per heavy atom. The topological polar surface area (TPSA) is 75.6 Å². The molecule has 114 valence electrons. The van der Waals surface area contributed by atoms with Gasteiger partial charge in [0.1, 0.15) is 0 Å². The van der Waals surface area contributed by atoms with Crippen molar-refractivity contribution in [2.45, 2.75) is 13.5 Å². The number of hydrogen-bond donors (Lipinski definition) is 2. The van der Waals surface area contributed by atoms with E-state index in [-0.39, 0.29) is 17.7 Å². The number of rotatable bonds is 6. The lowest BCUT2D eigenvalue weighted by Crippen LogP contribution is -2.12. The van der Waals surface area contributed by atoms with Gasteiger partial charge in [-0.1, -0.05) is 30.3 Å². The first-order chi connectivity index (χ1) is 10.6. The fraction of sp³-hybridized carbons (Fsp3) is 0.176. The van der Waals surface area contributed by atoms with E-state index >= 15 is 0 Å². The van der Waals surface area contributed by atoms with E-state index in [1.807, 2.05) is 30.3 Å². The molecule has 5 heteroatoms. The molecule has 0 aliphatic heterocycles. The molecule has 0 radical (unpaired) electrons. The van der Waals surface area contributed by atoms with Crippen LogP contribution in [0.25, 0.3) is 0 Å². The molecule has 0 heterocycles. The molecule has 0 aliphatic rings. The molecular formula is C17H17NO4. The second kappa shape index (κ2) is 7.26. The van der Waals surface area contributed by atoms with E-state index in [0.29, 0.717) is 12.2 Å². The van der Waals surface area contributed by atoms with Crippen LogP contribution >= 0.6 is 0 Å². The number of aromatic carboxylic acids is 1. The Kier molecular flexibility index (Phi) is 5.14. The molecular weight excluding hydrogens is 282 g/mol. The molecule has 5 nitrogen and oxygen atoms in total. The number of carbonyl (C=O) groups is 2. The van der Waals surface area contributed by atoms with Crippen molar-refractivity contribution < 1.29 is 19.4 Å².